The predicted octanol–water partition coefficient (Wildman–Crippen LogP) is -0.0639. The van der Waals surface area contributed by atoms with Crippen LogP contribution in [0, 0.1) is 0 Å². The summed E-state index contributed by atoms with van der Waals surface area (Å²) in [6.45, 7) is 0. The predicted molar refractivity (Wildman–Crippen MR) is 21.8 cm³/mol. The van der Waals surface area contributed by atoms with Crippen molar-refractivity contribution < 1.29 is 24.8 Å². The van der Waals surface area contributed by atoms with Crippen molar-refractivity contribution in [2.45, 2.75) is 5.51 Å². The molecule has 0 aliphatic carbocycles. The van der Waals surface area contributed by atoms with Crippen molar-refractivity contribution in [1.82, 2.24) is 0 Å². The molecule has 8 heteroatoms. The number of halogens is 3. The molecule has 0 atom stereocenters. The second-order valence-corrected chi connectivity index (χ2v) is 3.43. The molecule has 0 unspecified atom stereocenters. The molecule has 3 nitrogen and oxygen atoms in total. The number of hydrogen-bond donors (Lipinski definition) is 0. The summed E-state index contributed by atoms with van der Waals surface area (Å²) in [4.78, 5) is 0. The second-order valence-electron chi connectivity index (χ2n) is 0.974. The summed E-state index contributed by atoms with van der Waals surface area (Å²) in [5.41, 5.74) is -5.32. The molecule has 9 heavy (non-hydrogen) atoms. The molecule has 0 aromatic carbocycles. The molecular weight excluding hydrogens is 224 g/mol. The van der Waals surface area contributed by atoms with Crippen molar-refractivity contribution in [3.05, 3.63) is 0 Å². The number of hydrogen-bond acceptors (Lipinski definition) is 3. The molecule has 2 radical (unpaired) electrons. The van der Waals surface area contributed by atoms with E-state index in [2.05, 4.69) is 3.17 Å². The van der Waals surface area contributed by atoms with Crippen LogP contribution in [0.3, 0.4) is 0 Å². The van der Waals surface area contributed by atoms with Crippen molar-refractivity contribution in [3.8, 4) is 0 Å². The first-order valence-electron chi connectivity index (χ1n) is 1.45. The summed E-state index contributed by atoms with van der Waals surface area (Å²) in [6.07, 6.45) is 0. The zero-order chi connectivity index (χ0) is 7.71. The molecule has 0 bridgehead atoms. The Balaban J connectivity index is 4.57. The Morgan fingerprint density at radius 3 is 1.67 bits per heavy atom. The summed E-state index contributed by atoms with van der Waals surface area (Å²) in [7, 11) is -5.36. The van der Waals surface area contributed by atoms with E-state index in [0.717, 1.165) is 17.2 Å². The van der Waals surface area contributed by atoms with E-state index >= 15 is 0 Å². The Morgan fingerprint density at radius 1 is 1.33 bits per heavy atom. The van der Waals surface area contributed by atoms with E-state index in [4.69, 9.17) is 0 Å². The monoisotopic (exact) mass is 224 g/mol. The normalized spacial score (nSPS) is 13.8. The van der Waals surface area contributed by atoms with Crippen LogP contribution < -0.4 is 0 Å². The Hall–Kier alpha value is 0.258. The van der Waals surface area contributed by atoms with Gasteiger partial charge in [-0.15, -0.1) is 0 Å². The van der Waals surface area contributed by atoms with E-state index < -0.39 is 15.6 Å². The first-order valence-corrected chi connectivity index (χ1v) is 3.63. The van der Waals surface area contributed by atoms with Crippen LogP contribution >= 0.6 is 0 Å². The maximum absolute atomic E-state index is 11.1. The molecule has 0 amide bonds. The topological polar surface area (TPSA) is 43.4 Å². The van der Waals surface area contributed by atoms with Gasteiger partial charge in [0.15, 0.2) is 0 Å². The Bertz CT molecular complexity index is 180. The molecule has 0 heterocycles. The summed E-state index contributed by atoms with van der Waals surface area (Å²) in [5, 5.41) is 0. The van der Waals surface area contributed by atoms with Gasteiger partial charge in [0.1, 0.15) is 0 Å². The quantitative estimate of drug-likeness (QED) is 0.462. The maximum atomic E-state index is 11.1. The van der Waals surface area contributed by atoms with Gasteiger partial charge in [0.25, 0.3) is 0 Å². The minimum atomic E-state index is -5.36. The number of alkyl halides is 3. The third kappa shape index (κ3) is 2.15. The molecule has 0 spiro atoms. The van der Waals surface area contributed by atoms with Crippen molar-refractivity contribution in [1.29, 1.82) is 0 Å². The van der Waals surface area contributed by atoms with E-state index in [1.54, 1.807) is 0 Å². The molecule has 0 N–H and O–H groups in total. The van der Waals surface area contributed by atoms with Gasteiger partial charge in [-0.05, 0) is 0 Å². The molecule has 0 rings (SSSR count). The second kappa shape index (κ2) is 2.48. The third-order valence-corrected chi connectivity index (χ3v) is 2.38. The van der Waals surface area contributed by atoms with Gasteiger partial charge in [0, 0.05) is 0 Å². The van der Waals surface area contributed by atoms with Crippen molar-refractivity contribution in [2.75, 3.05) is 0 Å². The van der Waals surface area contributed by atoms with Crippen LogP contribution in [-0.4, -0.2) is 31.1 Å². The van der Waals surface area contributed by atoms with Gasteiger partial charge >= 0.3 is 57.6 Å². The van der Waals surface area contributed by atoms with Crippen LogP contribution in [0.2, 0.25) is 0 Å². The first kappa shape index (κ1) is 9.26. The van der Waals surface area contributed by atoms with Crippen LogP contribution in [0.1, 0.15) is 0 Å². The Labute approximate surface area is 58.2 Å². The van der Waals surface area contributed by atoms with Gasteiger partial charge in [0.2, 0.25) is 0 Å². The van der Waals surface area contributed by atoms with Crippen LogP contribution in [0.5, 0.6) is 0 Å². The molecular formula is CAsF3O3S. The minimum absolute atomic E-state index is 0.864. The average molecular weight is 224 g/mol. The van der Waals surface area contributed by atoms with Gasteiger partial charge in [-0.25, -0.2) is 0 Å². The van der Waals surface area contributed by atoms with Crippen LogP contribution in [0.15, 0.2) is 0 Å². The van der Waals surface area contributed by atoms with Crippen LogP contribution in [0.25, 0.3) is 0 Å². The zero-order valence-corrected chi connectivity index (χ0v) is 6.41. The summed E-state index contributed by atoms with van der Waals surface area (Å²) >= 11 is 0.864. The van der Waals surface area contributed by atoms with Gasteiger partial charge in [-0.3, -0.25) is 0 Å². The average Bonchev–Trinajstić information content (AvgIpc) is 1.64. The Kier molecular flexibility index (Phi) is 2.55. The van der Waals surface area contributed by atoms with Gasteiger partial charge in [0.05, 0.1) is 0 Å². The molecule has 0 aromatic rings. The van der Waals surface area contributed by atoms with Gasteiger partial charge < -0.3 is 0 Å². The van der Waals surface area contributed by atoms with Crippen LogP contribution in [0.4, 0.5) is 13.2 Å². The SMILES string of the molecule is O=S(=O)(O[As])C(F)(F)F. The standard InChI is InChI=1S/CAsF3O3S/c2-8-9(6,7)1(3,4)5. The molecule has 0 fully saturated rings. The molecule has 0 aliphatic rings. The van der Waals surface area contributed by atoms with Crippen LogP contribution in [-0.2, 0) is 13.3 Å². The molecule has 0 aliphatic heterocycles. The van der Waals surface area contributed by atoms with E-state index in [0.29, 0.717) is 0 Å². The summed E-state index contributed by atoms with van der Waals surface area (Å²) in [6, 6.07) is 0. The molecule has 0 saturated heterocycles. The zero-order valence-electron chi connectivity index (χ0n) is 3.71. The third-order valence-electron chi connectivity index (χ3n) is 0.382. The van der Waals surface area contributed by atoms with E-state index in [1.807, 2.05) is 0 Å². The van der Waals surface area contributed by atoms with Crippen molar-refractivity contribution >= 4 is 27.3 Å². The fourth-order valence-electron chi connectivity index (χ4n) is 0.0423. The summed E-state index contributed by atoms with van der Waals surface area (Å²) < 4.78 is 55.7. The van der Waals surface area contributed by atoms with E-state index in [1.165, 1.54) is 0 Å². The van der Waals surface area contributed by atoms with Gasteiger partial charge in [-0.2, -0.15) is 0 Å². The van der Waals surface area contributed by atoms with Gasteiger partial charge in [-0.1, -0.05) is 0 Å². The molecule has 0 saturated carbocycles. The van der Waals surface area contributed by atoms with E-state index in [9.17, 15) is 21.6 Å². The van der Waals surface area contributed by atoms with E-state index in [-0.39, 0.29) is 0 Å². The van der Waals surface area contributed by atoms with Crippen molar-refractivity contribution in [2.24, 2.45) is 0 Å². The number of rotatable bonds is 1. The Morgan fingerprint density at radius 2 is 1.67 bits per heavy atom. The fourth-order valence-corrected chi connectivity index (χ4v) is 0.659. The fraction of sp³-hybridized carbons (Fsp3) is 1.00. The molecule has 0 aromatic heterocycles. The molecule has 54 valence electrons. The first-order chi connectivity index (χ1) is 3.81. The summed E-state index contributed by atoms with van der Waals surface area (Å²) in [5.74, 6) is 0. The van der Waals surface area contributed by atoms with Crippen molar-refractivity contribution in [3.63, 3.8) is 0 Å².